The van der Waals surface area contributed by atoms with Crippen LogP contribution in [0.4, 0.5) is 0 Å². The van der Waals surface area contributed by atoms with Crippen molar-refractivity contribution in [3.8, 4) is 0 Å². The molecule has 0 aromatic rings. The highest BCUT2D eigenvalue weighted by Gasteiger charge is 2.19. The van der Waals surface area contributed by atoms with Gasteiger partial charge in [0.1, 0.15) is 19.3 Å². The van der Waals surface area contributed by atoms with Crippen LogP contribution in [-0.2, 0) is 27.9 Å². The molecule has 0 spiro atoms. The van der Waals surface area contributed by atoms with Crippen molar-refractivity contribution in [2.45, 2.75) is 58.0 Å². The third-order valence-corrected chi connectivity index (χ3v) is 4.98. The van der Waals surface area contributed by atoms with E-state index in [2.05, 4.69) is 6.58 Å². The highest BCUT2D eigenvalue weighted by atomic mass is 31.2. The summed E-state index contributed by atoms with van der Waals surface area (Å²) in [5.41, 5.74) is 0. The van der Waals surface area contributed by atoms with Gasteiger partial charge in [0.15, 0.2) is 0 Å². The summed E-state index contributed by atoms with van der Waals surface area (Å²) in [6.45, 7) is 5.79. The van der Waals surface area contributed by atoms with E-state index in [0.717, 1.165) is 25.7 Å². The highest BCUT2D eigenvalue weighted by Crippen LogP contribution is 2.38. The predicted molar refractivity (Wildman–Crippen MR) is 111 cm³/mol. The Hall–Kier alpha value is -0.760. The largest absolute Gasteiger partial charge is 0.756 e. The molecular weight excluding hydrogens is 397 g/mol. The summed E-state index contributed by atoms with van der Waals surface area (Å²) in [4.78, 5) is 23.1. The Bertz CT molecular complexity index is 494. The Morgan fingerprint density at radius 3 is 2.24 bits per heavy atom. The minimum atomic E-state index is -4.45. The lowest BCUT2D eigenvalue weighted by molar-refractivity contribution is -0.870. The van der Waals surface area contributed by atoms with Crippen molar-refractivity contribution >= 4 is 13.8 Å². The third-order valence-electron chi connectivity index (χ3n) is 4.01. The van der Waals surface area contributed by atoms with Gasteiger partial charge in [-0.25, -0.2) is 0 Å². The van der Waals surface area contributed by atoms with Crippen molar-refractivity contribution in [3.05, 3.63) is 12.7 Å². The average Bonchev–Trinajstić information content (AvgIpc) is 2.59. The van der Waals surface area contributed by atoms with E-state index in [1.165, 1.54) is 26.2 Å². The molecule has 29 heavy (non-hydrogen) atoms. The van der Waals surface area contributed by atoms with Gasteiger partial charge >= 0.3 is 5.97 Å². The Morgan fingerprint density at radius 2 is 1.66 bits per heavy atom. The second-order valence-corrected chi connectivity index (χ2v) is 9.51. The van der Waals surface area contributed by atoms with Crippen LogP contribution >= 0.6 is 7.82 Å². The van der Waals surface area contributed by atoms with E-state index in [4.69, 9.17) is 18.5 Å². The monoisotopic (exact) mass is 437 g/mol. The van der Waals surface area contributed by atoms with Crippen LogP contribution in [0, 0.1) is 0 Å². The molecule has 0 aromatic carbocycles. The smallest absolute Gasteiger partial charge is 0.303 e. The van der Waals surface area contributed by atoms with Crippen LogP contribution in [0.5, 0.6) is 0 Å². The number of ether oxygens (including phenoxy) is 2. The van der Waals surface area contributed by atoms with Gasteiger partial charge < -0.3 is 27.9 Å². The number of hydrogen-bond donors (Lipinski definition) is 0. The summed E-state index contributed by atoms with van der Waals surface area (Å²) < 4.78 is 32.7. The summed E-state index contributed by atoms with van der Waals surface area (Å²) in [6.07, 6.45) is 8.95. The molecule has 0 bridgehead atoms. The first-order valence-corrected chi connectivity index (χ1v) is 11.8. The van der Waals surface area contributed by atoms with Crippen LogP contribution in [0.1, 0.15) is 51.9 Å². The highest BCUT2D eigenvalue weighted by molar-refractivity contribution is 7.45. The number of quaternary nitrogens is 1. The van der Waals surface area contributed by atoms with E-state index < -0.39 is 19.9 Å². The summed E-state index contributed by atoms with van der Waals surface area (Å²) in [5.74, 6) is -0.520. The molecule has 1 unspecified atom stereocenters. The maximum Gasteiger partial charge on any atom is 0.303 e. The van der Waals surface area contributed by atoms with Gasteiger partial charge in [-0.2, -0.15) is 0 Å². The van der Waals surface area contributed by atoms with E-state index >= 15 is 0 Å². The van der Waals surface area contributed by atoms with Crippen molar-refractivity contribution in [1.82, 2.24) is 0 Å². The number of nitrogens with zero attached hydrogens (tertiary/aromatic N) is 1. The zero-order chi connectivity index (χ0) is 22.2. The molecular formula is C20H40NO7P. The van der Waals surface area contributed by atoms with Gasteiger partial charge in [0.05, 0.1) is 34.4 Å². The van der Waals surface area contributed by atoms with Gasteiger partial charge in [-0.05, 0) is 19.3 Å². The Labute approximate surface area is 176 Å². The minimum Gasteiger partial charge on any atom is -0.756 e. The lowest BCUT2D eigenvalue weighted by Gasteiger charge is -2.28. The molecule has 0 aliphatic carbocycles. The Morgan fingerprint density at radius 1 is 1.03 bits per heavy atom. The summed E-state index contributed by atoms with van der Waals surface area (Å²) in [6, 6.07) is 0. The summed E-state index contributed by atoms with van der Waals surface area (Å²) in [7, 11) is 1.33. The molecule has 0 radical (unpaired) electrons. The van der Waals surface area contributed by atoms with E-state index in [1.807, 2.05) is 27.2 Å². The molecule has 8 nitrogen and oxygen atoms in total. The van der Waals surface area contributed by atoms with E-state index in [0.29, 0.717) is 17.6 Å². The van der Waals surface area contributed by atoms with E-state index in [9.17, 15) is 14.3 Å². The summed E-state index contributed by atoms with van der Waals surface area (Å²) >= 11 is 0. The first kappa shape index (κ1) is 28.2. The van der Waals surface area contributed by atoms with E-state index in [1.54, 1.807) is 0 Å². The number of rotatable bonds is 19. The van der Waals surface area contributed by atoms with Crippen molar-refractivity contribution in [2.75, 3.05) is 54.1 Å². The number of hydrogen-bond acceptors (Lipinski definition) is 7. The number of likely N-dealkylation sites (N-methyl/N-ethyl adjacent to an activating group) is 1. The number of phosphoric acid groups is 1. The SMILES string of the molecule is C=CCCCCCCCCOC[C@H](COP(=O)([O-])OCC[N+](C)(C)C)OC(C)=O. The molecule has 0 aromatic heterocycles. The minimum absolute atomic E-state index is 0.0204. The molecule has 0 amide bonds. The topological polar surface area (TPSA) is 94.1 Å². The second-order valence-electron chi connectivity index (χ2n) is 8.10. The molecule has 9 heteroatoms. The van der Waals surface area contributed by atoms with Crippen LogP contribution in [0.15, 0.2) is 12.7 Å². The first-order valence-electron chi connectivity index (χ1n) is 10.3. The lowest BCUT2D eigenvalue weighted by atomic mass is 10.1. The predicted octanol–water partition coefficient (Wildman–Crippen LogP) is 3.06. The van der Waals surface area contributed by atoms with Crippen LogP contribution in [0.3, 0.4) is 0 Å². The van der Waals surface area contributed by atoms with Gasteiger partial charge in [-0.3, -0.25) is 9.36 Å². The van der Waals surface area contributed by atoms with Crippen molar-refractivity contribution in [2.24, 2.45) is 0 Å². The maximum atomic E-state index is 11.8. The molecule has 172 valence electrons. The number of carbonyl (C=O) groups is 1. The van der Waals surface area contributed by atoms with Crippen LogP contribution in [0.25, 0.3) is 0 Å². The van der Waals surface area contributed by atoms with Crippen molar-refractivity contribution in [1.29, 1.82) is 0 Å². The molecule has 0 saturated carbocycles. The normalized spacial score (nSPS) is 14.9. The lowest BCUT2D eigenvalue weighted by Crippen LogP contribution is -2.37. The van der Waals surface area contributed by atoms with Gasteiger partial charge in [0, 0.05) is 13.5 Å². The fourth-order valence-electron chi connectivity index (χ4n) is 2.40. The first-order chi connectivity index (χ1) is 13.6. The maximum absolute atomic E-state index is 11.8. The molecule has 0 aliphatic heterocycles. The van der Waals surface area contributed by atoms with E-state index in [-0.39, 0.29) is 19.8 Å². The second kappa shape index (κ2) is 16.0. The number of unbranched alkanes of at least 4 members (excludes halogenated alkanes) is 6. The molecule has 0 fully saturated rings. The number of esters is 1. The van der Waals surface area contributed by atoms with Crippen molar-refractivity contribution < 1.29 is 37.3 Å². The van der Waals surface area contributed by atoms with Crippen LogP contribution < -0.4 is 4.89 Å². The zero-order valence-corrected chi connectivity index (χ0v) is 19.5. The molecule has 0 aliphatic rings. The molecule has 0 saturated heterocycles. The third kappa shape index (κ3) is 20.3. The molecule has 2 atom stereocenters. The fraction of sp³-hybridized carbons (Fsp3) is 0.850. The number of carbonyl (C=O) groups excluding carboxylic acids is 1. The molecule has 0 N–H and O–H groups in total. The zero-order valence-electron chi connectivity index (χ0n) is 18.6. The molecule has 0 rings (SSSR count). The summed E-state index contributed by atoms with van der Waals surface area (Å²) in [5, 5.41) is 0. The van der Waals surface area contributed by atoms with Gasteiger partial charge in [0.2, 0.25) is 0 Å². The number of phosphoric ester groups is 1. The molecule has 0 heterocycles. The van der Waals surface area contributed by atoms with Crippen LogP contribution in [-0.4, -0.2) is 70.7 Å². The van der Waals surface area contributed by atoms with Gasteiger partial charge in [0.25, 0.3) is 7.82 Å². The standard InChI is InChI=1S/C20H40NO7P/c1-6-7-8-9-10-11-12-13-15-25-17-20(28-19(2)22)18-27-29(23,24)26-16-14-21(3,4)5/h6,20H,1,7-18H2,2-5H3/t20-/m1/s1. The quantitative estimate of drug-likeness (QED) is 0.101. The Balaban J connectivity index is 4.03. The Kier molecular flexibility index (Phi) is 15.6. The number of allylic oxidation sites excluding steroid dienone is 1. The van der Waals surface area contributed by atoms with Gasteiger partial charge in [-0.15, -0.1) is 6.58 Å². The van der Waals surface area contributed by atoms with Gasteiger partial charge in [-0.1, -0.05) is 31.8 Å². The van der Waals surface area contributed by atoms with Crippen LogP contribution in [0.2, 0.25) is 0 Å². The van der Waals surface area contributed by atoms with Crippen molar-refractivity contribution in [3.63, 3.8) is 0 Å². The average molecular weight is 438 g/mol. The fourth-order valence-corrected chi connectivity index (χ4v) is 3.13.